The molecule has 0 atom stereocenters. The van der Waals surface area contributed by atoms with E-state index in [1.165, 1.54) is 5.56 Å². The van der Waals surface area contributed by atoms with Crippen molar-refractivity contribution in [2.75, 3.05) is 34.3 Å². The second kappa shape index (κ2) is 10.9. The number of methoxy groups -OCH3 is 1. The maximum atomic E-state index is 5.31. The Balaban J connectivity index is 0. The van der Waals surface area contributed by atoms with E-state index in [9.17, 15) is 0 Å². The number of rotatable bonds is 6. The maximum absolute atomic E-state index is 5.31. The number of halogens is 3. The smallest absolute Gasteiger partial charge is 0.123 e. The Labute approximate surface area is 130 Å². The van der Waals surface area contributed by atoms with Gasteiger partial charge in [-0.2, -0.15) is 0 Å². The highest BCUT2D eigenvalue weighted by atomic mass is 79.9. The molecular weight excluding hydrogens is 339 g/mol. The summed E-state index contributed by atoms with van der Waals surface area (Å²) in [5.74, 6) is 0.931. The van der Waals surface area contributed by atoms with Crippen molar-refractivity contribution in [2.24, 2.45) is 0 Å². The molecule has 1 N–H and O–H groups in total. The van der Waals surface area contributed by atoms with Crippen LogP contribution < -0.4 is 10.1 Å². The number of nitrogens with zero attached hydrogens (tertiary/aromatic N) is 1. The van der Waals surface area contributed by atoms with Crippen molar-refractivity contribution in [3.05, 3.63) is 28.2 Å². The summed E-state index contributed by atoms with van der Waals surface area (Å²) in [6.07, 6.45) is 0. The molecule has 0 aromatic heterocycles. The Bertz CT molecular complexity index is 338. The number of likely N-dealkylation sites (N-methyl/N-ethyl adjacent to an activating group) is 1. The molecule has 106 valence electrons. The standard InChI is InChI=1S/C12H19BrN2O.2ClH/c1-15(2)7-6-14-9-10-8-11(13)4-5-12(10)16-3;;/h4-5,8,14H,6-7,9H2,1-3H3;2*1H. The number of ether oxygens (including phenoxy) is 1. The molecular formula is C12H21BrCl2N2O. The summed E-state index contributed by atoms with van der Waals surface area (Å²) in [6.45, 7) is 2.84. The van der Waals surface area contributed by atoms with Crippen LogP contribution in [0.4, 0.5) is 0 Å². The van der Waals surface area contributed by atoms with Gasteiger partial charge in [-0.3, -0.25) is 0 Å². The molecule has 0 aliphatic rings. The number of benzene rings is 1. The minimum absolute atomic E-state index is 0. The van der Waals surface area contributed by atoms with Crippen LogP contribution in [0.2, 0.25) is 0 Å². The number of hydrogen-bond donors (Lipinski definition) is 1. The van der Waals surface area contributed by atoms with Crippen LogP contribution in [-0.4, -0.2) is 39.2 Å². The molecule has 0 radical (unpaired) electrons. The van der Waals surface area contributed by atoms with Crippen molar-refractivity contribution in [1.82, 2.24) is 10.2 Å². The molecule has 0 unspecified atom stereocenters. The van der Waals surface area contributed by atoms with Gasteiger partial charge in [-0.25, -0.2) is 0 Å². The van der Waals surface area contributed by atoms with Crippen molar-refractivity contribution in [3.63, 3.8) is 0 Å². The first-order chi connectivity index (χ1) is 7.63. The van der Waals surface area contributed by atoms with Gasteiger partial charge in [-0.15, -0.1) is 24.8 Å². The summed E-state index contributed by atoms with van der Waals surface area (Å²) in [4.78, 5) is 2.16. The fraction of sp³-hybridized carbons (Fsp3) is 0.500. The molecule has 3 nitrogen and oxygen atoms in total. The lowest BCUT2D eigenvalue weighted by Gasteiger charge is -2.12. The van der Waals surface area contributed by atoms with Gasteiger partial charge in [0.25, 0.3) is 0 Å². The topological polar surface area (TPSA) is 24.5 Å². The zero-order valence-electron chi connectivity index (χ0n) is 10.9. The van der Waals surface area contributed by atoms with Crippen LogP contribution >= 0.6 is 40.7 Å². The van der Waals surface area contributed by atoms with E-state index in [1.54, 1.807) is 7.11 Å². The van der Waals surface area contributed by atoms with Gasteiger partial charge < -0.3 is 15.0 Å². The Morgan fingerprint density at radius 3 is 2.50 bits per heavy atom. The van der Waals surface area contributed by atoms with E-state index in [4.69, 9.17) is 4.74 Å². The van der Waals surface area contributed by atoms with E-state index < -0.39 is 0 Å². The molecule has 6 heteroatoms. The second-order valence-corrected chi connectivity index (χ2v) is 4.85. The largest absolute Gasteiger partial charge is 0.496 e. The van der Waals surface area contributed by atoms with Gasteiger partial charge in [0, 0.05) is 29.7 Å². The summed E-state index contributed by atoms with van der Waals surface area (Å²) >= 11 is 3.47. The fourth-order valence-electron chi connectivity index (χ4n) is 1.41. The zero-order valence-corrected chi connectivity index (χ0v) is 14.1. The van der Waals surface area contributed by atoms with Crippen LogP contribution in [0, 0.1) is 0 Å². The van der Waals surface area contributed by atoms with E-state index in [0.717, 1.165) is 29.9 Å². The third kappa shape index (κ3) is 7.44. The van der Waals surface area contributed by atoms with Crippen molar-refractivity contribution in [1.29, 1.82) is 0 Å². The van der Waals surface area contributed by atoms with Gasteiger partial charge in [0.05, 0.1) is 7.11 Å². The van der Waals surface area contributed by atoms with Gasteiger partial charge in [0.2, 0.25) is 0 Å². The average molecular weight is 360 g/mol. The normalized spacial score (nSPS) is 9.61. The molecule has 18 heavy (non-hydrogen) atoms. The van der Waals surface area contributed by atoms with Crippen molar-refractivity contribution in [3.8, 4) is 5.75 Å². The molecule has 0 saturated heterocycles. The predicted octanol–water partition coefficient (Wildman–Crippen LogP) is 2.95. The van der Waals surface area contributed by atoms with Crippen LogP contribution in [0.25, 0.3) is 0 Å². The van der Waals surface area contributed by atoms with Crippen molar-refractivity contribution >= 4 is 40.7 Å². The third-order valence-corrected chi connectivity index (χ3v) is 2.79. The molecule has 0 saturated carbocycles. The Kier molecular flexibility index (Phi) is 12.3. The van der Waals surface area contributed by atoms with Crippen molar-refractivity contribution in [2.45, 2.75) is 6.54 Å². The van der Waals surface area contributed by atoms with Crippen LogP contribution in [0.1, 0.15) is 5.56 Å². The van der Waals surface area contributed by atoms with Gasteiger partial charge in [-0.1, -0.05) is 15.9 Å². The quantitative estimate of drug-likeness (QED) is 0.790. The Morgan fingerprint density at radius 2 is 1.94 bits per heavy atom. The molecule has 0 aliphatic carbocycles. The van der Waals surface area contributed by atoms with E-state index in [2.05, 4.69) is 46.3 Å². The Hall–Kier alpha value is -0.000000000000000222. The molecule has 0 heterocycles. The SMILES string of the molecule is COc1ccc(Br)cc1CNCCN(C)C.Cl.Cl. The lowest BCUT2D eigenvalue weighted by atomic mass is 10.2. The Morgan fingerprint density at radius 1 is 1.28 bits per heavy atom. The highest BCUT2D eigenvalue weighted by molar-refractivity contribution is 9.10. The first kappa shape index (κ1) is 20.3. The van der Waals surface area contributed by atoms with Gasteiger partial charge in [0.15, 0.2) is 0 Å². The van der Waals surface area contributed by atoms with E-state index in [0.29, 0.717) is 0 Å². The van der Waals surface area contributed by atoms with Crippen LogP contribution in [0.15, 0.2) is 22.7 Å². The molecule has 0 amide bonds. The molecule has 0 aliphatic heterocycles. The molecule has 1 aromatic carbocycles. The zero-order chi connectivity index (χ0) is 12.0. The second-order valence-electron chi connectivity index (χ2n) is 3.94. The molecule has 1 rings (SSSR count). The molecule has 0 bridgehead atoms. The number of hydrogen-bond acceptors (Lipinski definition) is 3. The minimum Gasteiger partial charge on any atom is -0.496 e. The van der Waals surface area contributed by atoms with Gasteiger partial charge >= 0.3 is 0 Å². The summed E-state index contributed by atoms with van der Waals surface area (Å²) < 4.78 is 6.39. The first-order valence-electron chi connectivity index (χ1n) is 5.31. The average Bonchev–Trinajstić information content (AvgIpc) is 2.24. The monoisotopic (exact) mass is 358 g/mol. The fourth-order valence-corrected chi connectivity index (χ4v) is 1.82. The van der Waals surface area contributed by atoms with E-state index in [1.807, 2.05) is 12.1 Å². The van der Waals surface area contributed by atoms with Crippen LogP contribution in [0.3, 0.4) is 0 Å². The number of nitrogens with one attached hydrogen (secondary N) is 1. The highest BCUT2D eigenvalue weighted by Gasteiger charge is 2.02. The minimum atomic E-state index is 0. The van der Waals surface area contributed by atoms with E-state index in [-0.39, 0.29) is 24.8 Å². The lowest BCUT2D eigenvalue weighted by molar-refractivity contribution is 0.392. The summed E-state index contributed by atoms with van der Waals surface area (Å²) in [5, 5.41) is 3.39. The molecule has 0 fully saturated rings. The maximum Gasteiger partial charge on any atom is 0.123 e. The first-order valence-corrected chi connectivity index (χ1v) is 6.10. The lowest BCUT2D eigenvalue weighted by Crippen LogP contribution is -2.26. The molecule has 1 aromatic rings. The summed E-state index contributed by atoms with van der Waals surface area (Å²) in [5.41, 5.74) is 1.18. The molecule has 0 spiro atoms. The van der Waals surface area contributed by atoms with E-state index >= 15 is 0 Å². The summed E-state index contributed by atoms with van der Waals surface area (Å²) in [6, 6.07) is 6.05. The van der Waals surface area contributed by atoms with Crippen LogP contribution in [0.5, 0.6) is 5.75 Å². The third-order valence-electron chi connectivity index (χ3n) is 2.29. The summed E-state index contributed by atoms with van der Waals surface area (Å²) in [7, 11) is 5.84. The predicted molar refractivity (Wildman–Crippen MR) is 85.5 cm³/mol. The highest BCUT2D eigenvalue weighted by Crippen LogP contribution is 2.22. The van der Waals surface area contributed by atoms with Crippen molar-refractivity contribution < 1.29 is 4.74 Å². The van der Waals surface area contributed by atoms with Gasteiger partial charge in [0.1, 0.15) is 5.75 Å². The van der Waals surface area contributed by atoms with Gasteiger partial charge in [-0.05, 0) is 32.3 Å². The van der Waals surface area contributed by atoms with Crippen LogP contribution in [-0.2, 0) is 6.54 Å².